The summed E-state index contributed by atoms with van der Waals surface area (Å²) >= 11 is 0.995. The number of nitrogens with zero attached hydrogens (tertiary/aromatic N) is 2. The predicted molar refractivity (Wildman–Crippen MR) is 102 cm³/mol. The summed E-state index contributed by atoms with van der Waals surface area (Å²) < 4.78 is 11.8. The summed E-state index contributed by atoms with van der Waals surface area (Å²) in [5.41, 5.74) is 1.70. The van der Waals surface area contributed by atoms with Crippen molar-refractivity contribution in [2.24, 2.45) is 0 Å². The highest BCUT2D eigenvalue weighted by Crippen LogP contribution is 2.34. The van der Waals surface area contributed by atoms with Crippen LogP contribution in [0.4, 0.5) is 5.00 Å². The molecule has 2 aromatic heterocycles. The molecule has 0 unspecified atom stereocenters. The van der Waals surface area contributed by atoms with Gasteiger partial charge in [0, 0.05) is 12.2 Å². The van der Waals surface area contributed by atoms with Crippen LogP contribution in [0.15, 0.2) is 6.20 Å². The maximum absolute atomic E-state index is 12.7. The first kappa shape index (κ1) is 20.6. The Morgan fingerprint density at radius 1 is 1.11 bits per heavy atom. The Bertz CT molecular complexity index is 869. The van der Waals surface area contributed by atoms with Crippen molar-refractivity contribution in [2.75, 3.05) is 18.5 Å². The standard InChI is InChI=1S/C18H23N3O5S/c1-6-21-11(5)12(9-19-21)15(22)20-16-13(17(23)25-7-2)10(4)14(27-16)18(24)26-8-3/h9H,6-8H2,1-5H3,(H,20,22). The molecule has 0 bridgehead atoms. The molecular weight excluding hydrogens is 370 g/mol. The van der Waals surface area contributed by atoms with Crippen molar-refractivity contribution < 1.29 is 23.9 Å². The van der Waals surface area contributed by atoms with Gasteiger partial charge >= 0.3 is 11.9 Å². The molecule has 0 radical (unpaired) electrons. The van der Waals surface area contributed by atoms with Gasteiger partial charge in [-0.2, -0.15) is 5.10 Å². The quantitative estimate of drug-likeness (QED) is 0.725. The van der Waals surface area contributed by atoms with Crippen LogP contribution in [0.3, 0.4) is 0 Å². The lowest BCUT2D eigenvalue weighted by atomic mass is 10.1. The third-order valence-electron chi connectivity index (χ3n) is 3.96. The summed E-state index contributed by atoms with van der Waals surface area (Å²) in [5.74, 6) is -1.55. The third-order valence-corrected chi connectivity index (χ3v) is 5.15. The highest BCUT2D eigenvalue weighted by Gasteiger charge is 2.28. The van der Waals surface area contributed by atoms with Gasteiger partial charge in [-0.25, -0.2) is 9.59 Å². The van der Waals surface area contributed by atoms with Crippen molar-refractivity contribution in [3.05, 3.63) is 33.5 Å². The molecule has 0 aromatic carbocycles. The predicted octanol–water partition coefficient (Wildman–Crippen LogP) is 3.19. The molecule has 2 aromatic rings. The number of esters is 2. The van der Waals surface area contributed by atoms with E-state index in [0.29, 0.717) is 23.4 Å². The lowest BCUT2D eigenvalue weighted by molar-refractivity contribution is 0.0527. The van der Waals surface area contributed by atoms with Gasteiger partial charge in [-0.1, -0.05) is 0 Å². The highest BCUT2D eigenvalue weighted by molar-refractivity contribution is 7.18. The monoisotopic (exact) mass is 393 g/mol. The Kier molecular flexibility index (Phi) is 6.73. The minimum atomic E-state index is -0.599. The van der Waals surface area contributed by atoms with Crippen LogP contribution in [0.5, 0.6) is 0 Å². The Morgan fingerprint density at radius 2 is 1.74 bits per heavy atom. The number of anilines is 1. The largest absolute Gasteiger partial charge is 0.462 e. The maximum atomic E-state index is 12.7. The normalized spacial score (nSPS) is 10.6. The van der Waals surface area contributed by atoms with E-state index in [1.54, 1.807) is 32.4 Å². The number of ether oxygens (including phenoxy) is 2. The van der Waals surface area contributed by atoms with E-state index in [2.05, 4.69) is 10.4 Å². The second-order valence-electron chi connectivity index (χ2n) is 5.61. The van der Waals surface area contributed by atoms with Gasteiger partial charge in [-0.05, 0) is 40.2 Å². The van der Waals surface area contributed by atoms with E-state index in [9.17, 15) is 14.4 Å². The molecule has 1 N–H and O–H groups in total. The summed E-state index contributed by atoms with van der Waals surface area (Å²) in [6.45, 7) is 9.76. The second-order valence-corrected chi connectivity index (χ2v) is 6.64. The van der Waals surface area contributed by atoms with Crippen molar-refractivity contribution in [3.8, 4) is 0 Å². The van der Waals surface area contributed by atoms with Gasteiger partial charge in [0.2, 0.25) is 0 Å². The van der Waals surface area contributed by atoms with Crippen LogP contribution in [-0.2, 0) is 16.0 Å². The van der Waals surface area contributed by atoms with Crippen molar-refractivity contribution in [3.63, 3.8) is 0 Å². The zero-order chi connectivity index (χ0) is 20.1. The number of nitrogens with one attached hydrogen (secondary N) is 1. The fraction of sp³-hybridized carbons (Fsp3) is 0.444. The number of thiophene rings is 1. The van der Waals surface area contributed by atoms with E-state index in [1.807, 2.05) is 6.92 Å². The Hall–Kier alpha value is -2.68. The van der Waals surface area contributed by atoms with Gasteiger partial charge in [0.25, 0.3) is 5.91 Å². The number of rotatable bonds is 7. The van der Waals surface area contributed by atoms with E-state index in [-0.39, 0.29) is 28.7 Å². The van der Waals surface area contributed by atoms with Crippen molar-refractivity contribution in [2.45, 2.75) is 41.2 Å². The van der Waals surface area contributed by atoms with Crippen LogP contribution in [0.25, 0.3) is 0 Å². The van der Waals surface area contributed by atoms with Crippen LogP contribution in [0, 0.1) is 13.8 Å². The number of hydrogen-bond donors (Lipinski definition) is 1. The smallest absolute Gasteiger partial charge is 0.348 e. The molecule has 0 aliphatic heterocycles. The molecule has 0 spiro atoms. The van der Waals surface area contributed by atoms with Crippen LogP contribution in [0.2, 0.25) is 0 Å². The molecule has 0 atom stereocenters. The number of aryl methyl sites for hydroxylation is 1. The van der Waals surface area contributed by atoms with Gasteiger partial charge in [-0.3, -0.25) is 9.48 Å². The molecule has 27 heavy (non-hydrogen) atoms. The molecule has 2 heterocycles. The summed E-state index contributed by atoms with van der Waals surface area (Å²) in [7, 11) is 0. The Balaban J connectivity index is 2.42. The highest BCUT2D eigenvalue weighted by atomic mass is 32.1. The molecule has 9 heteroatoms. The molecule has 8 nitrogen and oxygen atoms in total. The fourth-order valence-corrected chi connectivity index (χ4v) is 3.68. The van der Waals surface area contributed by atoms with Crippen LogP contribution >= 0.6 is 11.3 Å². The van der Waals surface area contributed by atoms with Crippen molar-refractivity contribution in [1.82, 2.24) is 9.78 Å². The minimum absolute atomic E-state index is 0.166. The average Bonchev–Trinajstić information content (AvgIpc) is 3.15. The Morgan fingerprint density at radius 3 is 2.30 bits per heavy atom. The molecule has 0 saturated carbocycles. The van der Waals surface area contributed by atoms with Gasteiger partial charge in [0.15, 0.2) is 0 Å². The molecule has 0 aliphatic carbocycles. The summed E-state index contributed by atoms with van der Waals surface area (Å²) in [6, 6.07) is 0. The lowest BCUT2D eigenvalue weighted by Gasteiger charge is -2.07. The topological polar surface area (TPSA) is 99.5 Å². The number of carbonyl (C=O) groups is 3. The third kappa shape index (κ3) is 4.19. The van der Waals surface area contributed by atoms with Crippen LogP contribution < -0.4 is 5.32 Å². The van der Waals surface area contributed by atoms with Crippen LogP contribution in [0.1, 0.15) is 62.4 Å². The van der Waals surface area contributed by atoms with E-state index >= 15 is 0 Å². The molecule has 0 saturated heterocycles. The van der Waals surface area contributed by atoms with E-state index in [0.717, 1.165) is 11.3 Å². The summed E-state index contributed by atoms with van der Waals surface area (Å²) in [6.07, 6.45) is 1.48. The summed E-state index contributed by atoms with van der Waals surface area (Å²) in [5, 5.41) is 7.13. The first-order valence-electron chi connectivity index (χ1n) is 8.66. The zero-order valence-corrected chi connectivity index (χ0v) is 16.9. The SMILES string of the molecule is CCOC(=O)c1sc(NC(=O)c2cnn(CC)c2C)c(C(=O)OCC)c1C. The van der Waals surface area contributed by atoms with E-state index < -0.39 is 17.8 Å². The molecule has 2 rings (SSSR count). The van der Waals surface area contributed by atoms with Gasteiger partial charge in [0.05, 0.1) is 30.5 Å². The Labute approximate surface area is 161 Å². The molecule has 0 aliphatic rings. The number of amides is 1. The number of aromatic nitrogens is 2. The number of carbonyl (C=O) groups excluding carboxylic acids is 3. The van der Waals surface area contributed by atoms with Gasteiger partial charge in [0.1, 0.15) is 9.88 Å². The van der Waals surface area contributed by atoms with E-state index in [4.69, 9.17) is 9.47 Å². The first-order chi connectivity index (χ1) is 12.8. The van der Waals surface area contributed by atoms with Gasteiger partial charge in [-0.15, -0.1) is 11.3 Å². The zero-order valence-electron chi connectivity index (χ0n) is 16.0. The second kappa shape index (κ2) is 8.81. The summed E-state index contributed by atoms with van der Waals surface area (Å²) in [4.78, 5) is 37.5. The van der Waals surface area contributed by atoms with Crippen molar-refractivity contribution >= 4 is 34.2 Å². The maximum Gasteiger partial charge on any atom is 0.348 e. The van der Waals surface area contributed by atoms with E-state index in [1.165, 1.54) is 6.20 Å². The fourth-order valence-electron chi connectivity index (χ4n) is 2.60. The molecular formula is C18H23N3O5S. The lowest BCUT2D eigenvalue weighted by Crippen LogP contribution is -2.15. The minimum Gasteiger partial charge on any atom is -0.462 e. The molecule has 1 amide bonds. The van der Waals surface area contributed by atoms with Crippen LogP contribution in [-0.4, -0.2) is 40.8 Å². The van der Waals surface area contributed by atoms with Gasteiger partial charge < -0.3 is 14.8 Å². The number of hydrogen-bond acceptors (Lipinski definition) is 7. The molecule has 146 valence electrons. The first-order valence-corrected chi connectivity index (χ1v) is 9.48. The average molecular weight is 393 g/mol. The van der Waals surface area contributed by atoms with Crippen molar-refractivity contribution in [1.29, 1.82) is 0 Å². The molecule has 0 fully saturated rings.